The summed E-state index contributed by atoms with van der Waals surface area (Å²) in [5.74, 6) is 1.68. The lowest BCUT2D eigenvalue weighted by molar-refractivity contribution is 0.0906. The fourth-order valence-corrected chi connectivity index (χ4v) is 3.10. The summed E-state index contributed by atoms with van der Waals surface area (Å²) in [5, 5.41) is 6.92. The Labute approximate surface area is 131 Å². The van der Waals surface area contributed by atoms with Gasteiger partial charge in [-0.15, -0.1) is 12.4 Å². The number of carbonyl (C=O) groups excluding carboxylic acids is 1. The number of aromatic nitrogens is 1. The van der Waals surface area contributed by atoms with Crippen LogP contribution in [0.1, 0.15) is 67.1 Å². The third kappa shape index (κ3) is 3.98. The maximum Gasteiger partial charge on any atom is 0.273 e. The largest absolute Gasteiger partial charge is 0.360 e. The third-order valence-electron chi connectivity index (χ3n) is 4.53. The van der Waals surface area contributed by atoms with Crippen molar-refractivity contribution in [2.75, 3.05) is 6.54 Å². The molecule has 118 valence electrons. The molecule has 0 bridgehead atoms. The molecule has 0 aromatic carbocycles. The fourth-order valence-electron chi connectivity index (χ4n) is 3.10. The smallest absolute Gasteiger partial charge is 0.273 e. The van der Waals surface area contributed by atoms with Gasteiger partial charge in [-0.1, -0.05) is 24.4 Å². The van der Waals surface area contributed by atoms with E-state index in [1.807, 2.05) is 0 Å². The number of amides is 1. The molecule has 0 aliphatic heterocycles. The molecule has 21 heavy (non-hydrogen) atoms. The minimum Gasteiger partial charge on any atom is -0.360 e. The Morgan fingerprint density at radius 1 is 1.33 bits per heavy atom. The zero-order valence-corrected chi connectivity index (χ0v) is 13.0. The maximum absolute atomic E-state index is 12.2. The lowest BCUT2D eigenvalue weighted by Gasteiger charge is -2.29. The van der Waals surface area contributed by atoms with E-state index in [1.165, 1.54) is 19.3 Å². The van der Waals surface area contributed by atoms with Crippen LogP contribution in [0.4, 0.5) is 0 Å². The van der Waals surface area contributed by atoms with Gasteiger partial charge in [0, 0.05) is 24.6 Å². The van der Waals surface area contributed by atoms with Gasteiger partial charge in [-0.2, -0.15) is 0 Å². The van der Waals surface area contributed by atoms with Gasteiger partial charge in [0.05, 0.1) is 0 Å². The van der Waals surface area contributed by atoms with Gasteiger partial charge in [-0.05, 0) is 31.6 Å². The van der Waals surface area contributed by atoms with Crippen molar-refractivity contribution in [1.29, 1.82) is 0 Å². The number of nitrogens with zero attached hydrogens (tertiary/aromatic N) is 1. The molecule has 2 saturated carbocycles. The molecule has 1 atom stereocenters. The summed E-state index contributed by atoms with van der Waals surface area (Å²) in [5.41, 5.74) is 6.22. The SMILES string of the molecule is Cl.NCC(NC(=O)c1cc(C2CC2)on1)C1CCCCC1. The Morgan fingerprint density at radius 3 is 2.67 bits per heavy atom. The van der Waals surface area contributed by atoms with Crippen molar-refractivity contribution >= 4 is 18.3 Å². The molecule has 5 nitrogen and oxygen atoms in total. The van der Waals surface area contributed by atoms with Crippen molar-refractivity contribution in [2.45, 2.75) is 56.9 Å². The Kier molecular flexibility index (Phi) is 5.65. The first-order chi connectivity index (χ1) is 9.78. The number of carbonyl (C=O) groups is 1. The number of hydrogen-bond donors (Lipinski definition) is 2. The highest BCUT2D eigenvalue weighted by Gasteiger charge is 2.30. The monoisotopic (exact) mass is 313 g/mol. The first-order valence-electron chi connectivity index (χ1n) is 7.75. The predicted octanol–water partition coefficient (Wildman–Crippen LogP) is 2.61. The van der Waals surface area contributed by atoms with Gasteiger partial charge in [-0.3, -0.25) is 4.79 Å². The fraction of sp³-hybridized carbons (Fsp3) is 0.733. The van der Waals surface area contributed by atoms with Crippen LogP contribution in [0.5, 0.6) is 0 Å². The van der Waals surface area contributed by atoms with Gasteiger partial charge in [-0.25, -0.2) is 0 Å². The summed E-state index contributed by atoms with van der Waals surface area (Å²) in [6.45, 7) is 0.490. The van der Waals surface area contributed by atoms with Crippen molar-refractivity contribution in [3.05, 3.63) is 17.5 Å². The van der Waals surface area contributed by atoms with Crippen LogP contribution in [0.25, 0.3) is 0 Å². The van der Waals surface area contributed by atoms with E-state index in [2.05, 4.69) is 10.5 Å². The summed E-state index contributed by atoms with van der Waals surface area (Å²) in [6.07, 6.45) is 8.39. The van der Waals surface area contributed by atoms with Crippen LogP contribution < -0.4 is 11.1 Å². The molecular formula is C15H24ClN3O2. The molecule has 2 fully saturated rings. The van der Waals surface area contributed by atoms with Gasteiger partial charge in [0.15, 0.2) is 5.69 Å². The van der Waals surface area contributed by atoms with Crippen molar-refractivity contribution in [3.8, 4) is 0 Å². The molecule has 6 heteroatoms. The summed E-state index contributed by atoms with van der Waals surface area (Å²) >= 11 is 0. The van der Waals surface area contributed by atoms with Crippen molar-refractivity contribution < 1.29 is 9.32 Å². The van der Waals surface area contributed by atoms with Crippen LogP contribution in [-0.2, 0) is 0 Å². The molecular weight excluding hydrogens is 290 g/mol. The predicted molar refractivity (Wildman–Crippen MR) is 82.6 cm³/mol. The number of nitrogens with one attached hydrogen (secondary N) is 1. The molecule has 1 aromatic rings. The lowest BCUT2D eigenvalue weighted by atomic mass is 9.84. The molecule has 3 rings (SSSR count). The quantitative estimate of drug-likeness (QED) is 0.875. The standard InChI is InChI=1S/C15H23N3O2.ClH/c16-9-13(10-4-2-1-3-5-10)17-15(19)12-8-14(20-18-12)11-6-7-11;/h8,10-11,13H,1-7,9,16H2,(H,17,19);1H. The summed E-state index contributed by atoms with van der Waals surface area (Å²) in [4.78, 5) is 12.2. The number of halogens is 1. The highest BCUT2D eigenvalue weighted by atomic mass is 35.5. The zero-order valence-electron chi connectivity index (χ0n) is 12.2. The second kappa shape index (κ2) is 7.27. The van der Waals surface area contributed by atoms with E-state index in [0.717, 1.165) is 31.4 Å². The van der Waals surface area contributed by atoms with Crippen molar-refractivity contribution in [2.24, 2.45) is 11.7 Å². The Bertz CT molecular complexity index is 467. The van der Waals surface area contributed by atoms with E-state index >= 15 is 0 Å². The first-order valence-corrected chi connectivity index (χ1v) is 7.75. The van der Waals surface area contributed by atoms with Gasteiger partial charge in [0.1, 0.15) is 5.76 Å². The molecule has 1 aromatic heterocycles. The second-order valence-corrected chi connectivity index (χ2v) is 6.10. The Morgan fingerprint density at radius 2 is 2.05 bits per heavy atom. The molecule has 1 heterocycles. The molecule has 0 saturated heterocycles. The highest BCUT2D eigenvalue weighted by Crippen LogP contribution is 2.40. The zero-order chi connectivity index (χ0) is 13.9. The van der Waals surface area contributed by atoms with Gasteiger partial charge < -0.3 is 15.6 Å². The summed E-state index contributed by atoms with van der Waals surface area (Å²) in [6, 6.07) is 1.84. The molecule has 1 amide bonds. The Balaban J connectivity index is 0.00000161. The summed E-state index contributed by atoms with van der Waals surface area (Å²) in [7, 11) is 0. The normalized spacial score (nSPS) is 20.6. The average Bonchev–Trinajstić information content (AvgIpc) is 3.22. The third-order valence-corrected chi connectivity index (χ3v) is 4.53. The second-order valence-electron chi connectivity index (χ2n) is 6.10. The number of rotatable bonds is 5. The highest BCUT2D eigenvalue weighted by molar-refractivity contribution is 5.92. The van der Waals surface area contributed by atoms with Crippen LogP contribution in [0.2, 0.25) is 0 Å². The van der Waals surface area contributed by atoms with Gasteiger partial charge >= 0.3 is 0 Å². The molecule has 0 spiro atoms. The van der Waals surface area contributed by atoms with Crippen LogP contribution in [0.15, 0.2) is 10.6 Å². The minimum atomic E-state index is -0.151. The van der Waals surface area contributed by atoms with E-state index in [1.54, 1.807) is 6.07 Å². The molecule has 2 aliphatic rings. The number of hydrogen-bond acceptors (Lipinski definition) is 4. The molecule has 1 unspecified atom stereocenters. The minimum absolute atomic E-state index is 0. The molecule has 3 N–H and O–H groups in total. The van der Waals surface area contributed by atoms with Crippen LogP contribution >= 0.6 is 12.4 Å². The maximum atomic E-state index is 12.2. The van der Waals surface area contributed by atoms with E-state index in [0.29, 0.717) is 24.1 Å². The van der Waals surface area contributed by atoms with Crippen molar-refractivity contribution in [1.82, 2.24) is 10.5 Å². The average molecular weight is 314 g/mol. The van der Waals surface area contributed by atoms with E-state index in [-0.39, 0.29) is 24.4 Å². The van der Waals surface area contributed by atoms with Crippen molar-refractivity contribution in [3.63, 3.8) is 0 Å². The molecule has 0 radical (unpaired) electrons. The number of nitrogens with two attached hydrogens (primary N) is 1. The van der Waals surface area contributed by atoms with Gasteiger partial charge in [0.2, 0.25) is 0 Å². The first kappa shape index (κ1) is 16.3. The van der Waals surface area contributed by atoms with E-state index < -0.39 is 0 Å². The summed E-state index contributed by atoms with van der Waals surface area (Å²) < 4.78 is 5.23. The van der Waals surface area contributed by atoms with E-state index in [4.69, 9.17) is 10.3 Å². The van der Waals surface area contributed by atoms with Crippen LogP contribution in [0, 0.1) is 5.92 Å². The van der Waals surface area contributed by atoms with E-state index in [9.17, 15) is 4.79 Å². The lowest BCUT2D eigenvalue weighted by Crippen LogP contribution is -2.46. The molecule has 2 aliphatic carbocycles. The van der Waals surface area contributed by atoms with Crippen LogP contribution in [0.3, 0.4) is 0 Å². The topological polar surface area (TPSA) is 81.1 Å². The van der Waals surface area contributed by atoms with Crippen LogP contribution in [-0.4, -0.2) is 23.7 Å². The Hall–Kier alpha value is -1.07. The van der Waals surface area contributed by atoms with Gasteiger partial charge in [0.25, 0.3) is 5.91 Å².